The Hall–Kier alpha value is -1.60. The molecule has 0 fully saturated rings. The highest BCUT2D eigenvalue weighted by Crippen LogP contribution is 2.16. The van der Waals surface area contributed by atoms with Crippen molar-refractivity contribution in [3.05, 3.63) is 29.8 Å². The van der Waals surface area contributed by atoms with E-state index in [1.165, 1.54) is 17.3 Å². The highest BCUT2D eigenvalue weighted by molar-refractivity contribution is 7.99. The third-order valence-corrected chi connectivity index (χ3v) is 3.92. The zero-order chi connectivity index (χ0) is 14.4. The van der Waals surface area contributed by atoms with Gasteiger partial charge >= 0.3 is 0 Å². The fraction of sp³-hybridized carbons (Fsp3) is 0.462. The molecule has 2 rings (SSSR count). The molecule has 1 unspecified atom stereocenters. The number of nitrogens with zero attached hydrogens (tertiary/aromatic N) is 4. The molecule has 0 saturated carbocycles. The van der Waals surface area contributed by atoms with Crippen molar-refractivity contribution in [2.45, 2.75) is 24.6 Å². The molecule has 0 aliphatic heterocycles. The molecule has 1 aromatic carbocycles. The van der Waals surface area contributed by atoms with Gasteiger partial charge in [0.2, 0.25) is 5.16 Å². The lowest BCUT2D eigenvalue weighted by Crippen LogP contribution is -2.20. The van der Waals surface area contributed by atoms with E-state index in [9.17, 15) is 5.11 Å². The van der Waals surface area contributed by atoms with Gasteiger partial charge < -0.3 is 9.84 Å². The Balaban J connectivity index is 1.74. The van der Waals surface area contributed by atoms with Gasteiger partial charge in [-0.3, -0.25) is 0 Å². The molecule has 1 N–H and O–H groups in total. The van der Waals surface area contributed by atoms with Gasteiger partial charge in [-0.05, 0) is 34.5 Å². The van der Waals surface area contributed by atoms with Crippen molar-refractivity contribution in [3.63, 3.8) is 0 Å². The van der Waals surface area contributed by atoms with Gasteiger partial charge in [-0.2, -0.15) is 0 Å². The summed E-state index contributed by atoms with van der Waals surface area (Å²) in [6.07, 6.45) is 0.438. The van der Waals surface area contributed by atoms with E-state index in [-0.39, 0.29) is 6.61 Å². The quantitative estimate of drug-likeness (QED) is 0.776. The average Bonchev–Trinajstić information content (AvgIpc) is 2.89. The number of tetrazole rings is 1. The summed E-state index contributed by atoms with van der Waals surface area (Å²) in [5.74, 6) is 1.26. The normalized spacial score (nSPS) is 12.3. The van der Waals surface area contributed by atoms with Crippen molar-refractivity contribution in [2.24, 2.45) is 7.05 Å². The number of aromatic nitrogens is 4. The summed E-state index contributed by atoms with van der Waals surface area (Å²) >= 11 is 1.40. The molecule has 0 aliphatic carbocycles. The standard InChI is InChI=1S/C13H18N4O2S/c1-3-10-4-6-12(7-5-10)19-8-11(18)9-20-13-14-15-16-17(13)2/h4-7,11,18H,3,8-9H2,1-2H3. The topological polar surface area (TPSA) is 73.1 Å². The SMILES string of the molecule is CCc1ccc(OCC(O)CSc2nnnn2C)cc1. The number of aryl methyl sites for hydroxylation is 2. The van der Waals surface area contributed by atoms with Crippen LogP contribution < -0.4 is 4.74 Å². The molecular formula is C13H18N4O2S. The summed E-state index contributed by atoms with van der Waals surface area (Å²) in [5, 5.41) is 21.7. The predicted molar refractivity (Wildman–Crippen MR) is 76.8 cm³/mol. The van der Waals surface area contributed by atoms with E-state index in [1.807, 2.05) is 24.3 Å². The molecule has 0 bridgehead atoms. The van der Waals surface area contributed by atoms with Crippen LogP contribution in [0.5, 0.6) is 5.75 Å². The number of aliphatic hydroxyl groups is 1. The highest BCUT2D eigenvalue weighted by Gasteiger charge is 2.09. The predicted octanol–water partition coefficient (Wildman–Crippen LogP) is 1.30. The maximum Gasteiger partial charge on any atom is 0.209 e. The second-order valence-electron chi connectivity index (χ2n) is 4.36. The zero-order valence-electron chi connectivity index (χ0n) is 11.6. The highest BCUT2D eigenvalue weighted by atomic mass is 32.2. The molecule has 1 aromatic heterocycles. The summed E-state index contributed by atoms with van der Waals surface area (Å²) in [6.45, 7) is 2.36. The van der Waals surface area contributed by atoms with Gasteiger partial charge in [0.15, 0.2) is 0 Å². The van der Waals surface area contributed by atoms with Crippen LogP contribution in [0, 0.1) is 0 Å². The molecule has 0 radical (unpaired) electrons. The summed E-state index contributed by atoms with van der Waals surface area (Å²) in [6, 6.07) is 7.90. The lowest BCUT2D eigenvalue weighted by atomic mass is 10.2. The molecule has 7 heteroatoms. The third kappa shape index (κ3) is 4.21. The Labute approximate surface area is 122 Å². The minimum atomic E-state index is -0.567. The van der Waals surface area contributed by atoms with Crippen LogP contribution in [0.1, 0.15) is 12.5 Å². The maximum absolute atomic E-state index is 9.88. The zero-order valence-corrected chi connectivity index (χ0v) is 12.4. The number of ether oxygens (including phenoxy) is 1. The van der Waals surface area contributed by atoms with E-state index in [2.05, 4.69) is 22.4 Å². The van der Waals surface area contributed by atoms with Crippen LogP contribution in [0.2, 0.25) is 0 Å². The van der Waals surface area contributed by atoms with Crippen molar-refractivity contribution in [3.8, 4) is 5.75 Å². The Morgan fingerprint density at radius 2 is 2.10 bits per heavy atom. The number of hydrogen-bond acceptors (Lipinski definition) is 6. The van der Waals surface area contributed by atoms with Crippen LogP contribution in [0.15, 0.2) is 29.4 Å². The molecular weight excluding hydrogens is 276 g/mol. The van der Waals surface area contributed by atoms with Gasteiger partial charge in [0, 0.05) is 12.8 Å². The summed E-state index contributed by atoms with van der Waals surface area (Å²) in [5.41, 5.74) is 1.27. The van der Waals surface area contributed by atoms with Gasteiger partial charge in [-0.25, -0.2) is 4.68 Å². The number of benzene rings is 1. The van der Waals surface area contributed by atoms with Crippen molar-refractivity contribution in [1.29, 1.82) is 0 Å². The lowest BCUT2D eigenvalue weighted by Gasteiger charge is -2.11. The molecule has 108 valence electrons. The van der Waals surface area contributed by atoms with Gasteiger partial charge in [-0.15, -0.1) is 5.10 Å². The second-order valence-corrected chi connectivity index (χ2v) is 5.35. The van der Waals surface area contributed by atoms with Gasteiger partial charge in [0.25, 0.3) is 0 Å². The van der Waals surface area contributed by atoms with E-state index in [0.717, 1.165) is 12.2 Å². The second kappa shape index (κ2) is 7.25. The summed E-state index contributed by atoms with van der Waals surface area (Å²) < 4.78 is 7.12. The van der Waals surface area contributed by atoms with E-state index in [1.54, 1.807) is 11.7 Å². The van der Waals surface area contributed by atoms with Gasteiger partial charge in [-0.1, -0.05) is 30.8 Å². The largest absolute Gasteiger partial charge is 0.491 e. The Morgan fingerprint density at radius 1 is 1.35 bits per heavy atom. The van der Waals surface area contributed by atoms with E-state index < -0.39 is 6.10 Å². The van der Waals surface area contributed by atoms with Gasteiger partial charge in [0.05, 0.1) is 6.10 Å². The molecule has 0 aliphatic rings. The Morgan fingerprint density at radius 3 is 2.70 bits per heavy atom. The number of thioether (sulfide) groups is 1. The van der Waals surface area contributed by atoms with E-state index in [0.29, 0.717) is 10.9 Å². The molecule has 1 atom stereocenters. The fourth-order valence-corrected chi connectivity index (χ4v) is 2.33. The number of hydrogen-bond donors (Lipinski definition) is 1. The molecule has 0 spiro atoms. The monoisotopic (exact) mass is 294 g/mol. The molecule has 20 heavy (non-hydrogen) atoms. The van der Waals surface area contributed by atoms with Gasteiger partial charge in [0.1, 0.15) is 12.4 Å². The van der Waals surface area contributed by atoms with Crippen LogP contribution in [0.4, 0.5) is 0 Å². The number of rotatable bonds is 7. The molecule has 0 amide bonds. The molecule has 0 saturated heterocycles. The van der Waals surface area contributed by atoms with Crippen LogP contribution in [0.25, 0.3) is 0 Å². The Kier molecular flexibility index (Phi) is 5.37. The fourth-order valence-electron chi connectivity index (χ4n) is 1.58. The Bertz CT molecular complexity index is 529. The van der Waals surface area contributed by atoms with Crippen molar-refractivity contribution in [2.75, 3.05) is 12.4 Å². The van der Waals surface area contributed by atoms with E-state index >= 15 is 0 Å². The first-order valence-electron chi connectivity index (χ1n) is 6.44. The van der Waals surface area contributed by atoms with E-state index in [4.69, 9.17) is 4.74 Å². The molecule has 2 aromatic rings. The summed E-state index contributed by atoms with van der Waals surface area (Å²) in [4.78, 5) is 0. The van der Waals surface area contributed by atoms with Crippen molar-refractivity contribution in [1.82, 2.24) is 20.2 Å². The molecule has 1 heterocycles. The summed E-state index contributed by atoms with van der Waals surface area (Å²) in [7, 11) is 1.76. The van der Waals surface area contributed by atoms with Crippen LogP contribution in [-0.2, 0) is 13.5 Å². The van der Waals surface area contributed by atoms with Crippen molar-refractivity contribution >= 4 is 11.8 Å². The van der Waals surface area contributed by atoms with Crippen LogP contribution >= 0.6 is 11.8 Å². The van der Waals surface area contributed by atoms with Crippen LogP contribution in [0.3, 0.4) is 0 Å². The first-order chi connectivity index (χ1) is 9.69. The lowest BCUT2D eigenvalue weighted by molar-refractivity contribution is 0.126. The first kappa shape index (κ1) is 14.8. The third-order valence-electron chi connectivity index (χ3n) is 2.76. The minimum Gasteiger partial charge on any atom is -0.491 e. The number of aliphatic hydroxyl groups excluding tert-OH is 1. The molecule has 6 nitrogen and oxygen atoms in total. The van der Waals surface area contributed by atoms with Crippen molar-refractivity contribution < 1.29 is 9.84 Å². The van der Waals surface area contributed by atoms with Crippen LogP contribution in [-0.4, -0.2) is 43.8 Å². The average molecular weight is 294 g/mol. The minimum absolute atomic E-state index is 0.254. The smallest absolute Gasteiger partial charge is 0.209 e. The maximum atomic E-state index is 9.88. The first-order valence-corrected chi connectivity index (χ1v) is 7.42.